The van der Waals surface area contributed by atoms with Gasteiger partial charge in [0.15, 0.2) is 0 Å². The van der Waals surface area contributed by atoms with Crippen LogP contribution in [-0.2, 0) is 18.6 Å². The first-order valence-corrected chi connectivity index (χ1v) is 12.1. The standard InChI is InChI=1S/C20H39O7P/c1-2-3-4-5-6-7-8-9-10-11-12-13-14-15-16-20(22)26-17-19(21)18-27-28(23,24)25/h7-8,19,21H,2-6,9-18H2,1H3,(H2,23,24,25). The summed E-state index contributed by atoms with van der Waals surface area (Å²) < 4.78 is 19.5. The van der Waals surface area contributed by atoms with Gasteiger partial charge in [-0.3, -0.25) is 9.32 Å². The van der Waals surface area contributed by atoms with E-state index in [1.165, 1.54) is 44.9 Å². The van der Waals surface area contributed by atoms with Crippen LogP contribution < -0.4 is 0 Å². The minimum absolute atomic E-state index is 0.285. The van der Waals surface area contributed by atoms with E-state index in [0.29, 0.717) is 0 Å². The predicted octanol–water partition coefficient (Wildman–Crippen LogP) is 4.65. The molecule has 0 rings (SSSR count). The number of unbranched alkanes of at least 4 members (excludes halogenated alkanes) is 10. The van der Waals surface area contributed by atoms with Crippen LogP contribution >= 0.6 is 7.82 Å². The van der Waals surface area contributed by atoms with Crippen LogP contribution in [0.5, 0.6) is 0 Å². The molecule has 0 aliphatic rings. The summed E-state index contributed by atoms with van der Waals surface area (Å²) in [5.74, 6) is -0.417. The van der Waals surface area contributed by atoms with Crippen molar-refractivity contribution in [2.45, 2.75) is 96.5 Å². The van der Waals surface area contributed by atoms with Gasteiger partial charge in [-0.15, -0.1) is 0 Å². The molecule has 1 unspecified atom stereocenters. The van der Waals surface area contributed by atoms with Crippen LogP contribution in [0.15, 0.2) is 12.2 Å². The number of hydrogen-bond donors (Lipinski definition) is 3. The highest BCUT2D eigenvalue weighted by Gasteiger charge is 2.17. The number of carbonyl (C=O) groups excluding carboxylic acids is 1. The summed E-state index contributed by atoms with van der Waals surface area (Å²) in [5.41, 5.74) is 0. The molecule has 3 N–H and O–H groups in total. The zero-order valence-electron chi connectivity index (χ0n) is 17.3. The number of phosphoric ester groups is 1. The fourth-order valence-electron chi connectivity index (χ4n) is 2.66. The first kappa shape index (κ1) is 27.3. The van der Waals surface area contributed by atoms with Crippen molar-refractivity contribution in [3.05, 3.63) is 12.2 Å². The lowest BCUT2D eigenvalue weighted by molar-refractivity contribution is -0.147. The minimum Gasteiger partial charge on any atom is -0.463 e. The Morgan fingerprint density at radius 1 is 0.893 bits per heavy atom. The van der Waals surface area contributed by atoms with Gasteiger partial charge in [0.2, 0.25) is 0 Å². The van der Waals surface area contributed by atoms with E-state index in [0.717, 1.165) is 32.1 Å². The molecule has 28 heavy (non-hydrogen) atoms. The maximum absolute atomic E-state index is 11.5. The molecule has 0 fully saturated rings. The largest absolute Gasteiger partial charge is 0.469 e. The second kappa shape index (κ2) is 18.3. The molecule has 0 aromatic carbocycles. The summed E-state index contributed by atoms with van der Waals surface area (Å²) in [6, 6.07) is 0. The van der Waals surface area contributed by atoms with Crippen molar-refractivity contribution in [2.24, 2.45) is 0 Å². The van der Waals surface area contributed by atoms with E-state index in [1.54, 1.807) is 0 Å². The van der Waals surface area contributed by atoms with Crippen molar-refractivity contribution in [1.29, 1.82) is 0 Å². The molecule has 0 bridgehead atoms. The number of allylic oxidation sites excluding steroid dienone is 2. The Bertz CT molecular complexity index is 448. The van der Waals surface area contributed by atoms with Crippen LogP contribution in [0.4, 0.5) is 0 Å². The number of hydrogen-bond acceptors (Lipinski definition) is 5. The number of phosphoric acid groups is 1. The highest BCUT2D eigenvalue weighted by Crippen LogP contribution is 2.35. The topological polar surface area (TPSA) is 113 Å². The Hall–Kier alpha value is -0.720. The van der Waals surface area contributed by atoms with Crippen molar-refractivity contribution in [2.75, 3.05) is 13.2 Å². The highest BCUT2D eigenvalue weighted by atomic mass is 31.2. The molecule has 0 aromatic heterocycles. The van der Waals surface area contributed by atoms with Gasteiger partial charge < -0.3 is 19.6 Å². The van der Waals surface area contributed by atoms with E-state index in [4.69, 9.17) is 14.5 Å². The molecule has 166 valence electrons. The summed E-state index contributed by atoms with van der Waals surface area (Å²) in [6.07, 6.45) is 17.6. The van der Waals surface area contributed by atoms with Gasteiger partial charge in [-0.1, -0.05) is 64.0 Å². The quantitative estimate of drug-likeness (QED) is 0.120. The van der Waals surface area contributed by atoms with Gasteiger partial charge in [0.25, 0.3) is 0 Å². The van der Waals surface area contributed by atoms with Gasteiger partial charge in [0, 0.05) is 6.42 Å². The van der Waals surface area contributed by atoms with E-state index >= 15 is 0 Å². The van der Waals surface area contributed by atoms with Gasteiger partial charge in [-0.05, 0) is 32.1 Å². The average Bonchev–Trinajstić information content (AvgIpc) is 2.64. The Morgan fingerprint density at radius 2 is 1.43 bits per heavy atom. The molecule has 1 atom stereocenters. The monoisotopic (exact) mass is 422 g/mol. The van der Waals surface area contributed by atoms with Crippen LogP contribution in [0.1, 0.15) is 90.4 Å². The molecule has 0 saturated heterocycles. The van der Waals surface area contributed by atoms with Crippen LogP contribution in [0, 0.1) is 0 Å². The smallest absolute Gasteiger partial charge is 0.463 e. The van der Waals surface area contributed by atoms with E-state index in [2.05, 4.69) is 23.6 Å². The Morgan fingerprint density at radius 3 is 2.00 bits per heavy atom. The number of aliphatic hydroxyl groups is 1. The molecule has 7 nitrogen and oxygen atoms in total. The zero-order valence-corrected chi connectivity index (χ0v) is 18.2. The Labute approximate surface area is 169 Å². The SMILES string of the molecule is CCCCCCC=CCCCCCCCCC(=O)OCC(O)COP(=O)(O)O. The molecule has 8 heteroatoms. The minimum atomic E-state index is -4.62. The molecular formula is C20H39O7P. The highest BCUT2D eigenvalue weighted by molar-refractivity contribution is 7.46. The number of esters is 1. The van der Waals surface area contributed by atoms with E-state index in [1.807, 2.05) is 0 Å². The van der Waals surface area contributed by atoms with Crippen LogP contribution in [0.25, 0.3) is 0 Å². The molecule has 0 amide bonds. The lowest BCUT2D eigenvalue weighted by atomic mass is 10.1. The Balaban J connectivity index is 3.38. The van der Waals surface area contributed by atoms with Gasteiger partial charge in [-0.2, -0.15) is 0 Å². The summed E-state index contributed by atoms with van der Waals surface area (Å²) in [5, 5.41) is 9.41. The predicted molar refractivity (Wildman–Crippen MR) is 110 cm³/mol. The normalized spacial score (nSPS) is 13.1. The second-order valence-corrected chi connectivity index (χ2v) is 8.34. The van der Waals surface area contributed by atoms with Crippen molar-refractivity contribution < 1.29 is 33.5 Å². The maximum atomic E-state index is 11.5. The Kier molecular flexibility index (Phi) is 17.8. The summed E-state index contributed by atoms with van der Waals surface area (Å²) in [7, 11) is -4.62. The van der Waals surface area contributed by atoms with E-state index in [9.17, 15) is 14.5 Å². The molecule has 0 spiro atoms. The van der Waals surface area contributed by atoms with Gasteiger partial charge in [0.1, 0.15) is 12.7 Å². The number of carbonyl (C=O) groups is 1. The summed E-state index contributed by atoms with van der Waals surface area (Å²) >= 11 is 0. The third-order valence-electron chi connectivity index (χ3n) is 4.26. The fraction of sp³-hybridized carbons (Fsp3) is 0.850. The van der Waals surface area contributed by atoms with Crippen molar-refractivity contribution in [3.8, 4) is 0 Å². The van der Waals surface area contributed by atoms with Crippen LogP contribution in [0.3, 0.4) is 0 Å². The molecular weight excluding hydrogens is 383 g/mol. The van der Waals surface area contributed by atoms with Gasteiger partial charge in [0.05, 0.1) is 6.61 Å². The molecule has 0 aliphatic heterocycles. The number of ether oxygens (including phenoxy) is 1. The summed E-state index contributed by atoms with van der Waals surface area (Å²) in [4.78, 5) is 28.5. The van der Waals surface area contributed by atoms with Gasteiger partial charge >= 0.3 is 13.8 Å². The first-order chi connectivity index (χ1) is 13.3. The maximum Gasteiger partial charge on any atom is 0.469 e. The van der Waals surface area contributed by atoms with Crippen LogP contribution in [-0.4, -0.2) is 40.2 Å². The van der Waals surface area contributed by atoms with E-state index in [-0.39, 0.29) is 13.0 Å². The fourth-order valence-corrected chi connectivity index (χ4v) is 3.02. The molecule has 0 heterocycles. The summed E-state index contributed by atoms with van der Waals surface area (Å²) in [6.45, 7) is 1.32. The molecule has 0 radical (unpaired) electrons. The lowest BCUT2D eigenvalue weighted by Gasteiger charge is -2.12. The van der Waals surface area contributed by atoms with E-state index < -0.39 is 26.5 Å². The van der Waals surface area contributed by atoms with Crippen molar-refractivity contribution in [3.63, 3.8) is 0 Å². The van der Waals surface area contributed by atoms with Crippen LogP contribution in [0.2, 0.25) is 0 Å². The van der Waals surface area contributed by atoms with Crippen molar-refractivity contribution in [1.82, 2.24) is 0 Å². The average molecular weight is 422 g/mol. The third kappa shape index (κ3) is 21.6. The lowest BCUT2D eigenvalue weighted by Crippen LogP contribution is -2.23. The second-order valence-electron chi connectivity index (χ2n) is 7.10. The zero-order chi connectivity index (χ0) is 21.1. The number of rotatable bonds is 19. The van der Waals surface area contributed by atoms with Gasteiger partial charge in [-0.25, -0.2) is 4.57 Å². The molecule has 0 aromatic rings. The van der Waals surface area contributed by atoms with Crippen molar-refractivity contribution >= 4 is 13.8 Å². The molecule has 0 aliphatic carbocycles. The molecule has 0 saturated carbocycles. The first-order valence-electron chi connectivity index (χ1n) is 10.5. The third-order valence-corrected chi connectivity index (χ3v) is 4.75. The number of aliphatic hydroxyl groups excluding tert-OH is 1.